The topological polar surface area (TPSA) is 290 Å². The van der Waals surface area contributed by atoms with Crippen molar-refractivity contribution in [2.75, 3.05) is 18.8 Å². The van der Waals surface area contributed by atoms with Crippen LogP contribution in [0.15, 0.2) is 32.9 Å². The normalized spacial score (nSPS) is 23.3. The number of halogens is 1. The zero-order valence-electron chi connectivity index (χ0n) is 27.3. The van der Waals surface area contributed by atoms with Gasteiger partial charge in [-0.1, -0.05) is 28.5 Å². The fraction of sp³-hybridized carbons (Fsp3) is 0.379. The van der Waals surface area contributed by atoms with E-state index in [1.54, 1.807) is 6.92 Å². The van der Waals surface area contributed by atoms with Crippen molar-refractivity contribution in [1.82, 2.24) is 25.2 Å². The second-order valence-electron chi connectivity index (χ2n) is 12.1. The van der Waals surface area contributed by atoms with Crippen LogP contribution in [0.4, 0.5) is 9.93 Å². The average Bonchev–Trinajstić information content (AvgIpc) is 3.75. The van der Waals surface area contributed by atoms with Crippen LogP contribution in [0.1, 0.15) is 43.2 Å². The lowest BCUT2D eigenvalue weighted by Gasteiger charge is -2.40. The minimum absolute atomic E-state index is 0.00265. The summed E-state index contributed by atoms with van der Waals surface area (Å²) >= 11 is 7.69. The van der Waals surface area contributed by atoms with Crippen LogP contribution in [0.25, 0.3) is 0 Å². The van der Waals surface area contributed by atoms with E-state index in [4.69, 9.17) is 22.2 Å². The third-order valence-corrected chi connectivity index (χ3v) is 10.9. The molecule has 0 bridgehead atoms. The number of Topliss-reactive ketones (excluding diaryl/α,β-unsaturated/α-hetero) is 1. The summed E-state index contributed by atoms with van der Waals surface area (Å²) in [7, 11) is 0. The van der Waals surface area contributed by atoms with Gasteiger partial charge in [-0.25, -0.2) is 29.8 Å². The van der Waals surface area contributed by atoms with Crippen LogP contribution in [0.3, 0.4) is 0 Å². The van der Waals surface area contributed by atoms with Crippen molar-refractivity contribution in [3.63, 3.8) is 0 Å². The molecule has 23 heteroatoms. The van der Waals surface area contributed by atoms with Crippen LogP contribution < -0.4 is 11.2 Å². The molecule has 3 aliphatic heterocycles. The maximum atomic E-state index is 13.5. The number of phenols is 2. The van der Waals surface area contributed by atoms with Gasteiger partial charge in [0, 0.05) is 11.8 Å². The van der Waals surface area contributed by atoms with E-state index in [1.165, 1.54) is 24.1 Å². The number of thiazole rings is 1. The molecule has 276 valence electrons. The number of nitrogens with two attached hydrogens (primary N) is 1. The summed E-state index contributed by atoms with van der Waals surface area (Å²) in [5, 5.41) is 51.8. The molecule has 4 atom stereocenters. The summed E-state index contributed by atoms with van der Waals surface area (Å²) in [6, 6.07) is 0.730. The Balaban J connectivity index is 1.27. The number of β-lactam (4-membered cyclic amide) rings is 1. The number of carboxylic acid groups (broad SMARTS) is 2. The zero-order valence-corrected chi connectivity index (χ0v) is 29.7. The fourth-order valence-electron chi connectivity index (χ4n) is 5.41. The lowest BCUT2D eigenvalue weighted by Crippen LogP contribution is -2.60. The lowest BCUT2D eigenvalue weighted by atomic mass is 9.90. The Morgan fingerprint density at radius 1 is 1.21 bits per heavy atom. The predicted octanol–water partition coefficient (Wildman–Crippen LogP) is 1.17. The van der Waals surface area contributed by atoms with E-state index in [1.807, 2.05) is 0 Å². The van der Waals surface area contributed by atoms with Crippen LogP contribution in [0.5, 0.6) is 11.5 Å². The number of amides is 4. The standard InChI is InChI=1S/C29H30ClN9O11S2/c1-12-9-38(33-7-6-32-35-21(43)13-4-5-16(40)20(42)18(13)30)27(49)39(12)29(25(47)48)11-37-22(44)14(23(37)52-29)8-17(41)19(15-10-51-26(31)34-15)36-50-28(2,3)24(45)46/h4-7,10,12,14,23,40,42H,8-9,11H2,1-3H3,(H2,31,34)(H,35,43)(H,45,46)(H,47,48)/b32-6+,33-7+,36-19-/t12-,14+,23+,29+/m0/s1. The Labute approximate surface area is 306 Å². The first kappa shape index (κ1) is 37.8. The van der Waals surface area contributed by atoms with Gasteiger partial charge in [0.2, 0.25) is 16.4 Å². The molecular formula is C29H30ClN9O11S2. The van der Waals surface area contributed by atoms with E-state index in [-0.39, 0.29) is 35.2 Å². The van der Waals surface area contributed by atoms with E-state index < -0.39 is 86.3 Å². The number of carbonyl (C=O) groups is 6. The number of rotatable bonds is 13. The summed E-state index contributed by atoms with van der Waals surface area (Å²) in [4.78, 5) is 86.6. The SMILES string of the molecule is C[C@H]1CN(/N=C/C=N/NC(=O)c2ccc(O)c(O)c2Cl)C(=O)N1[C@]1(C(=O)O)CN2C(=O)[C@@H](CC(=O)/C(=N\OC(C)(C)C(=O)O)c3csc(N)n3)[C@H]2S1. The number of aromatic hydroxyl groups is 2. The number of benzene rings is 1. The Bertz CT molecular complexity index is 1950. The van der Waals surface area contributed by atoms with Gasteiger partial charge < -0.3 is 35.9 Å². The van der Waals surface area contributed by atoms with Gasteiger partial charge in [-0.05, 0) is 32.9 Å². The van der Waals surface area contributed by atoms with Gasteiger partial charge >= 0.3 is 18.0 Å². The van der Waals surface area contributed by atoms with Gasteiger partial charge in [0.05, 0.1) is 53.4 Å². The zero-order chi connectivity index (χ0) is 38.3. The largest absolute Gasteiger partial charge is 0.504 e. The molecule has 4 heterocycles. The number of nitrogens with one attached hydrogen (secondary N) is 1. The van der Waals surface area contributed by atoms with Crippen LogP contribution >= 0.6 is 34.7 Å². The molecule has 2 aromatic rings. The number of carbonyl (C=O) groups excluding carboxylic acids is 4. The second kappa shape index (κ2) is 14.3. The number of hydrazone groups is 2. The number of ketones is 1. The second-order valence-corrected chi connectivity index (χ2v) is 14.7. The Morgan fingerprint density at radius 2 is 1.92 bits per heavy atom. The maximum absolute atomic E-state index is 13.5. The predicted molar refractivity (Wildman–Crippen MR) is 185 cm³/mol. The number of hydrogen-bond donors (Lipinski definition) is 6. The van der Waals surface area contributed by atoms with Crippen molar-refractivity contribution in [3.8, 4) is 11.5 Å². The van der Waals surface area contributed by atoms with Crippen LogP contribution in [-0.4, -0.2) is 129 Å². The molecule has 1 aromatic heterocycles. The molecule has 0 spiro atoms. The molecule has 3 saturated heterocycles. The number of nitrogen functional groups attached to an aromatic ring is 1. The highest BCUT2D eigenvalue weighted by molar-refractivity contribution is 8.02. The minimum atomic E-state index is -1.94. The first-order chi connectivity index (χ1) is 24.4. The molecular weight excluding hydrogens is 750 g/mol. The number of anilines is 1. The smallest absolute Gasteiger partial charge is 0.350 e. The quantitative estimate of drug-likeness (QED) is 0.0720. The Kier molecular flexibility index (Phi) is 10.4. The van der Waals surface area contributed by atoms with E-state index in [0.717, 1.165) is 57.6 Å². The number of aliphatic carboxylic acids is 2. The molecule has 52 heavy (non-hydrogen) atoms. The maximum Gasteiger partial charge on any atom is 0.350 e. The number of carboxylic acids is 2. The van der Waals surface area contributed by atoms with Crippen molar-refractivity contribution < 1.29 is 54.0 Å². The Hall–Kier alpha value is -5.48. The van der Waals surface area contributed by atoms with Gasteiger partial charge in [-0.2, -0.15) is 10.2 Å². The number of nitrogens with zero attached hydrogens (tertiary/aromatic N) is 7. The van der Waals surface area contributed by atoms with Crippen LogP contribution in [-0.2, 0) is 24.0 Å². The Morgan fingerprint density at radius 3 is 2.56 bits per heavy atom. The van der Waals surface area contributed by atoms with Crippen LogP contribution in [0, 0.1) is 5.92 Å². The molecule has 5 rings (SSSR count). The number of fused-ring (bicyclic) bond motifs is 1. The number of aromatic nitrogens is 1. The molecule has 0 aliphatic carbocycles. The van der Waals surface area contributed by atoms with Gasteiger partial charge in [0.25, 0.3) is 5.91 Å². The average molecular weight is 780 g/mol. The van der Waals surface area contributed by atoms with Gasteiger partial charge in [0.1, 0.15) is 5.69 Å². The van der Waals surface area contributed by atoms with Gasteiger partial charge in [-0.3, -0.25) is 19.3 Å². The first-order valence-electron chi connectivity index (χ1n) is 15.0. The van der Waals surface area contributed by atoms with E-state index >= 15 is 0 Å². The monoisotopic (exact) mass is 779 g/mol. The third kappa shape index (κ3) is 6.90. The number of urea groups is 1. The summed E-state index contributed by atoms with van der Waals surface area (Å²) in [6.45, 7) is 3.61. The van der Waals surface area contributed by atoms with E-state index in [0.29, 0.717) is 0 Å². The van der Waals surface area contributed by atoms with Crippen molar-refractivity contribution in [3.05, 3.63) is 33.8 Å². The molecule has 7 N–H and O–H groups in total. The summed E-state index contributed by atoms with van der Waals surface area (Å²) in [5.74, 6) is -7.06. The van der Waals surface area contributed by atoms with E-state index in [2.05, 4.69) is 25.8 Å². The van der Waals surface area contributed by atoms with E-state index in [9.17, 15) is 49.2 Å². The number of oxime groups is 1. The van der Waals surface area contributed by atoms with Crippen molar-refractivity contribution in [2.24, 2.45) is 21.3 Å². The van der Waals surface area contributed by atoms with Gasteiger partial charge in [-0.15, -0.1) is 11.3 Å². The number of hydrogen-bond acceptors (Lipinski definition) is 16. The molecule has 0 unspecified atom stereocenters. The molecule has 0 saturated carbocycles. The molecule has 3 fully saturated rings. The van der Waals surface area contributed by atoms with Crippen molar-refractivity contribution in [1.29, 1.82) is 0 Å². The number of thioether (sulfide) groups is 1. The molecule has 3 aliphatic rings. The molecule has 20 nitrogen and oxygen atoms in total. The third-order valence-electron chi connectivity index (χ3n) is 8.15. The van der Waals surface area contributed by atoms with Crippen molar-refractivity contribution >= 4 is 93.5 Å². The van der Waals surface area contributed by atoms with Crippen LogP contribution in [0.2, 0.25) is 5.02 Å². The lowest BCUT2D eigenvalue weighted by molar-refractivity contribution is -0.161. The molecule has 0 radical (unpaired) electrons. The summed E-state index contributed by atoms with van der Waals surface area (Å²) < 4.78 is 0. The summed E-state index contributed by atoms with van der Waals surface area (Å²) in [5.41, 5.74) is 5.49. The highest BCUT2D eigenvalue weighted by Gasteiger charge is 2.67. The minimum Gasteiger partial charge on any atom is -0.504 e. The van der Waals surface area contributed by atoms with Gasteiger partial charge in [0.15, 0.2) is 28.1 Å². The highest BCUT2D eigenvalue weighted by Crippen LogP contribution is 2.53. The fourth-order valence-corrected chi connectivity index (χ4v) is 7.97. The first-order valence-corrected chi connectivity index (χ1v) is 17.2. The highest BCUT2D eigenvalue weighted by atomic mass is 35.5. The molecule has 4 amide bonds. The number of phenolic OH excluding ortho intramolecular Hbond substituents is 2. The molecule has 1 aromatic carbocycles. The van der Waals surface area contributed by atoms with Crippen molar-refractivity contribution in [2.45, 2.75) is 49.1 Å². The summed E-state index contributed by atoms with van der Waals surface area (Å²) in [6.07, 6.45) is 1.64.